The molecular weight excluding hydrogens is 281 g/mol. The summed E-state index contributed by atoms with van der Waals surface area (Å²) in [6.45, 7) is 0.711. The lowest BCUT2D eigenvalue weighted by atomic mass is 9.92. The highest BCUT2D eigenvalue weighted by Gasteiger charge is 2.23. The number of imidazole rings is 1. The number of benzene rings is 1. The fourth-order valence-corrected chi connectivity index (χ4v) is 3.11. The first kappa shape index (κ1) is 15.2. The van der Waals surface area contributed by atoms with E-state index < -0.39 is 0 Å². The number of nitrogens with one attached hydrogen (secondary N) is 1. The van der Waals surface area contributed by atoms with Crippen LogP contribution in [0.5, 0.6) is 0 Å². The van der Waals surface area contributed by atoms with Crippen LogP contribution in [-0.4, -0.2) is 26.8 Å². The van der Waals surface area contributed by atoms with Crippen LogP contribution in [0.25, 0.3) is 0 Å². The molecule has 2 aromatic rings. The van der Waals surface area contributed by atoms with Crippen molar-refractivity contribution in [3.05, 3.63) is 54.4 Å². The van der Waals surface area contributed by atoms with Gasteiger partial charge in [0.1, 0.15) is 5.82 Å². The number of rotatable bonds is 5. The molecule has 1 aliphatic rings. The predicted octanol–water partition coefficient (Wildman–Crippen LogP) is 2.66. The van der Waals surface area contributed by atoms with E-state index in [2.05, 4.69) is 10.3 Å². The summed E-state index contributed by atoms with van der Waals surface area (Å²) in [7, 11) is 0. The molecule has 22 heavy (non-hydrogen) atoms. The number of hydrogen-bond donors (Lipinski definition) is 2. The van der Waals surface area contributed by atoms with Crippen LogP contribution in [-0.2, 0) is 6.54 Å². The maximum Gasteiger partial charge on any atom is 0.123 e. The Labute approximate surface area is 130 Å². The quantitative estimate of drug-likeness (QED) is 0.893. The molecule has 1 aromatic heterocycles. The van der Waals surface area contributed by atoms with Crippen molar-refractivity contribution in [2.45, 2.75) is 50.4 Å². The highest BCUT2D eigenvalue weighted by Crippen LogP contribution is 2.23. The third kappa shape index (κ3) is 3.93. The van der Waals surface area contributed by atoms with E-state index >= 15 is 0 Å². The number of nitrogens with zero attached hydrogens (tertiary/aromatic N) is 2. The summed E-state index contributed by atoms with van der Waals surface area (Å²) in [6.07, 6.45) is 8.85. The zero-order valence-corrected chi connectivity index (χ0v) is 12.5. The molecule has 1 heterocycles. The van der Waals surface area contributed by atoms with Crippen molar-refractivity contribution < 1.29 is 9.50 Å². The van der Waals surface area contributed by atoms with E-state index in [-0.39, 0.29) is 18.0 Å². The minimum Gasteiger partial charge on any atom is -0.393 e. The lowest BCUT2D eigenvalue weighted by Gasteiger charge is -2.31. The van der Waals surface area contributed by atoms with E-state index in [4.69, 9.17) is 0 Å². The number of halogens is 1. The molecule has 1 fully saturated rings. The second-order valence-electron chi connectivity index (χ2n) is 6.04. The van der Waals surface area contributed by atoms with E-state index in [0.717, 1.165) is 31.2 Å². The maximum atomic E-state index is 13.6. The minimum atomic E-state index is -0.214. The Kier molecular flexibility index (Phi) is 4.85. The van der Waals surface area contributed by atoms with Crippen molar-refractivity contribution in [2.75, 3.05) is 0 Å². The third-order valence-corrected chi connectivity index (χ3v) is 4.34. The summed E-state index contributed by atoms with van der Waals surface area (Å²) >= 11 is 0. The average molecular weight is 303 g/mol. The molecule has 1 aromatic carbocycles. The van der Waals surface area contributed by atoms with Gasteiger partial charge in [-0.1, -0.05) is 12.1 Å². The summed E-state index contributed by atoms with van der Waals surface area (Å²) in [6, 6.07) is 7.15. The Hall–Kier alpha value is -1.72. The maximum absolute atomic E-state index is 13.6. The zero-order valence-electron chi connectivity index (χ0n) is 12.5. The van der Waals surface area contributed by atoms with Gasteiger partial charge in [0.25, 0.3) is 0 Å². The first-order valence-electron chi connectivity index (χ1n) is 7.86. The van der Waals surface area contributed by atoms with Gasteiger partial charge >= 0.3 is 0 Å². The van der Waals surface area contributed by atoms with Gasteiger partial charge in [-0.25, -0.2) is 9.37 Å². The fraction of sp³-hybridized carbons (Fsp3) is 0.471. The number of aliphatic hydroxyl groups is 1. The molecule has 0 saturated heterocycles. The first-order valence-corrected chi connectivity index (χ1v) is 7.86. The van der Waals surface area contributed by atoms with Crippen molar-refractivity contribution in [3.8, 4) is 0 Å². The van der Waals surface area contributed by atoms with Crippen molar-refractivity contribution in [1.29, 1.82) is 0 Å². The monoisotopic (exact) mass is 303 g/mol. The Balaban J connectivity index is 1.73. The number of aromatic nitrogens is 2. The standard InChI is InChI=1S/C17H22FN3O/c18-14-3-1-2-13(10-14)17(11-21-9-8-19-12-21)20-15-4-6-16(22)7-5-15/h1-3,8-10,12,15-17,20,22H,4-7,11H2. The molecule has 118 valence electrons. The van der Waals surface area contributed by atoms with Crippen LogP contribution in [0.3, 0.4) is 0 Å². The molecule has 2 N–H and O–H groups in total. The van der Waals surface area contributed by atoms with Crippen LogP contribution >= 0.6 is 0 Å². The average Bonchev–Trinajstić information content (AvgIpc) is 3.02. The van der Waals surface area contributed by atoms with E-state index in [9.17, 15) is 9.50 Å². The van der Waals surface area contributed by atoms with Crippen molar-refractivity contribution in [3.63, 3.8) is 0 Å². The van der Waals surface area contributed by atoms with Gasteiger partial charge in [0, 0.05) is 25.0 Å². The molecule has 0 amide bonds. The molecule has 1 saturated carbocycles. The Bertz CT molecular complexity index is 579. The molecular formula is C17H22FN3O. The summed E-state index contributed by atoms with van der Waals surface area (Å²) in [5.74, 6) is -0.214. The molecule has 0 radical (unpaired) electrons. The number of hydrogen-bond acceptors (Lipinski definition) is 3. The van der Waals surface area contributed by atoms with Gasteiger partial charge in [0.2, 0.25) is 0 Å². The van der Waals surface area contributed by atoms with Crippen molar-refractivity contribution in [2.24, 2.45) is 0 Å². The van der Waals surface area contributed by atoms with Gasteiger partial charge < -0.3 is 15.0 Å². The van der Waals surface area contributed by atoms with Gasteiger partial charge in [0.05, 0.1) is 18.5 Å². The molecule has 5 heteroatoms. The summed E-state index contributed by atoms with van der Waals surface area (Å²) in [4.78, 5) is 4.07. The molecule has 0 spiro atoms. The minimum absolute atomic E-state index is 0.0325. The van der Waals surface area contributed by atoms with Crippen LogP contribution in [0.15, 0.2) is 43.0 Å². The zero-order chi connectivity index (χ0) is 15.4. The predicted molar refractivity (Wildman–Crippen MR) is 82.8 cm³/mol. The SMILES string of the molecule is OC1CCC(NC(Cn2ccnc2)c2cccc(F)c2)CC1. The van der Waals surface area contributed by atoms with Crippen LogP contribution in [0.2, 0.25) is 0 Å². The summed E-state index contributed by atoms with van der Waals surface area (Å²) in [5.41, 5.74) is 0.944. The Morgan fingerprint density at radius 1 is 1.32 bits per heavy atom. The fourth-order valence-electron chi connectivity index (χ4n) is 3.11. The second-order valence-corrected chi connectivity index (χ2v) is 6.04. The van der Waals surface area contributed by atoms with Gasteiger partial charge in [-0.2, -0.15) is 0 Å². The van der Waals surface area contributed by atoms with E-state index in [0.29, 0.717) is 12.6 Å². The third-order valence-electron chi connectivity index (χ3n) is 4.34. The first-order chi connectivity index (χ1) is 10.7. The van der Waals surface area contributed by atoms with Crippen LogP contribution < -0.4 is 5.32 Å². The van der Waals surface area contributed by atoms with Gasteiger partial charge in [-0.15, -0.1) is 0 Å². The highest BCUT2D eigenvalue weighted by atomic mass is 19.1. The molecule has 4 nitrogen and oxygen atoms in total. The van der Waals surface area contributed by atoms with Crippen molar-refractivity contribution in [1.82, 2.24) is 14.9 Å². The Morgan fingerprint density at radius 3 is 2.82 bits per heavy atom. The summed E-state index contributed by atoms with van der Waals surface area (Å²) < 4.78 is 15.6. The molecule has 0 bridgehead atoms. The van der Waals surface area contributed by atoms with Gasteiger partial charge in [-0.3, -0.25) is 0 Å². The van der Waals surface area contributed by atoms with Gasteiger partial charge in [-0.05, 0) is 43.4 Å². The van der Waals surface area contributed by atoms with E-state index in [1.165, 1.54) is 6.07 Å². The lowest BCUT2D eigenvalue weighted by Crippen LogP contribution is -2.38. The molecule has 0 aliphatic heterocycles. The van der Waals surface area contributed by atoms with E-state index in [1.807, 2.05) is 16.8 Å². The largest absolute Gasteiger partial charge is 0.393 e. The number of aliphatic hydroxyl groups excluding tert-OH is 1. The lowest BCUT2D eigenvalue weighted by molar-refractivity contribution is 0.113. The van der Waals surface area contributed by atoms with Gasteiger partial charge in [0.15, 0.2) is 0 Å². The Morgan fingerprint density at radius 2 is 2.14 bits per heavy atom. The molecule has 3 rings (SSSR count). The van der Waals surface area contributed by atoms with Crippen LogP contribution in [0.4, 0.5) is 4.39 Å². The highest BCUT2D eigenvalue weighted by molar-refractivity contribution is 5.20. The smallest absolute Gasteiger partial charge is 0.123 e. The molecule has 1 atom stereocenters. The molecule has 1 aliphatic carbocycles. The normalized spacial score (nSPS) is 23.4. The van der Waals surface area contributed by atoms with Crippen LogP contribution in [0.1, 0.15) is 37.3 Å². The second kappa shape index (κ2) is 7.03. The van der Waals surface area contributed by atoms with Crippen molar-refractivity contribution >= 4 is 0 Å². The van der Waals surface area contributed by atoms with Crippen LogP contribution in [0, 0.1) is 5.82 Å². The molecule has 1 unspecified atom stereocenters. The summed E-state index contributed by atoms with van der Waals surface area (Å²) in [5, 5.41) is 13.3. The van der Waals surface area contributed by atoms with E-state index in [1.54, 1.807) is 24.7 Å². The topological polar surface area (TPSA) is 50.1 Å².